The molecule has 1 unspecified atom stereocenters. The summed E-state index contributed by atoms with van der Waals surface area (Å²) in [5.74, 6) is -6.01. The lowest BCUT2D eigenvalue weighted by atomic mass is 10.0. The van der Waals surface area contributed by atoms with Gasteiger partial charge in [0.2, 0.25) is 18.1 Å². The van der Waals surface area contributed by atoms with Gasteiger partial charge in [-0.2, -0.15) is 9.36 Å². The summed E-state index contributed by atoms with van der Waals surface area (Å²) in [4.78, 5) is 80.2. The maximum Gasteiger partial charge on any atom is 0.352 e. The third-order valence-corrected chi connectivity index (χ3v) is 6.43. The maximum absolute atomic E-state index is 12.8. The molecule has 1 aromatic heterocycles. The maximum atomic E-state index is 12.8. The number of aromatic nitrogens is 2. The minimum Gasteiger partial charge on any atom is -0.479 e. The van der Waals surface area contributed by atoms with Gasteiger partial charge in [-0.1, -0.05) is 5.16 Å². The van der Waals surface area contributed by atoms with Crippen molar-refractivity contribution in [3.8, 4) is 0 Å². The third-order valence-electron chi connectivity index (χ3n) is 4.55. The van der Waals surface area contributed by atoms with Crippen LogP contribution >= 0.6 is 23.3 Å². The summed E-state index contributed by atoms with van der Waals surface area (Å²) in [6, 6.07) is -1.17. The zero-order valence-electron chi connectivity index (χ0n) is 18.3. The fourth-order valence-electron chi connectivity index (χ4n) is 3.09. The number of hydrogen-bond acceptors (Lipinski definition) is 14. The summed E-state index contributed by atoms with van der Waals surface area (Å²) in [5, 5.41) is 23.4. The highest BCUT2D eigenvalue weighted by Crippen LogP contribution is 2.40. The van der Waals surface area contributed by atoms with E-state index in [1.54, 1.807) is 0 Å². The van der Waals surface area contributed by atoms with E-state index in [9.17, 15) is 33.9 Å². The fourth-order valence-corrected chi connectivity index (χ4v) is 4.85. The number of nitrogens with one attached hydrogen (secondary N) is 1. The van der Waals surface area contributed by atoms with Crippen molar-refractivity contribution in [2.24, 2.45) is 5.16 Å². The quantitative estimate of drug-likeness (QED) is 0.0792. The molecule has 2 atom stereocenters. The topological polar surface area (TPSA) is 241 Å². The Morgan fingerprint density at radius 1 is 1.28 bits per heavy atom. The number of carbonyl (C=O) groups excluding carboxylic acids is 4. The molecule has 0 aliphatic carbocycles. The van der Waals surface area contributed by atoms with Crippen LogP contribution in [0.25, 0.3) is 0 Å². The van der Waals surface area contributed by atoms with Gasteiger partial charge < -0.3 is 30.8 Å². The molecule has 36 heavy (non-hydrogen) atoms. The fraction of sp³-hybridized carbons (Fsp3) is 0.389. The Morgan fingerprint density at radius 3 is 2.58 bits per heavy atom. The van der Waals surface area contributed by atoms with Gasteiger partial charge in [0.15, 0.2) is 5.13 Å². The monoisotopic (exact) mass is 542 g/mol. The Bertz CT molecular complexity index is 1190. The first-order chi connectivity index (χ1) is 17.0. The van der Waals surface area contributed by atoms with Gasteiger partial charge in [0, 0.05) is 22.9 Å². The van der Waals surface area contributed by atoms with Crippen LogP contribution in [0, 0.1) is 0 Å². The number of ketones is 1. The minimum absolute atomic E-state index is 0.00904. The number of fused-ring (bicyclic) bond motifs is 1. The highest BCUT2D eigenvalue weighted by molar-refractivity contribution is 8.00. The number of nitrogens with two attached hydrogens (primary N) is 1. The first-order valence-corrected chi connectivity index (χ1v) is 11.7. The van der Waals surface area contributed by atoms with E-state index in [1.165, 1.54) is 6.92 Å². The van der Waals surface area contributed by atoms with Crippen LogP contribution in [0.15, 0.2) is 16.4 Å². The standard InChI is InChI=1S/C18H18N6O10S2/c1-6(25)2-9(28)33-3-7-5-35-16-11(15(30)24(16)12(7)17(31)32)20-14(29)10(22-34-4-8(26)27)13-21-18(19)36-23-13/h11,16H,2-5H2,1H3,(H,20,29)(H,26,27)(H,31,32)(H2,19,21,23)/t11?,16-/m1/s1. The Hall–Kier alpha value is -4.06. The number of oxime groups is 1. The van der Waals surface area contributed by atoms with Crippen molar-refractivity contribution < 1.29 is 48.6 Å². The summed E-state index contributed by atoms with van der Waals surface area (Å²) in [5.41, 5.74) is 4.73. The van der Waals surface area contributed by atoms with Crippen molar-refractivity contribution >= 4 is 69.6 Å². The minimum atomic E-state index is -1.44. The number of carbonyl (C=O) groups is 6. The van der Waals surface area contributed by atoms with E-state index in [-0.39, 0.29) is 22.3 Å². The number of β-lactam (4-membered cyclic amide) rings is 1. The number of nitrogens with zero attached hydrogens (tertiary/aromatic N) is 4. The number of ether oxygens (including phenoxy) is 1. The average Bonchev–Trinajstić information content (AvgIpc) is 3.22. The van der Waals surface area contributed by atoms with E-state index in [0.717, 1.165) is 28.2 Å². The molecule has 0 bridgehead atoms. The van der Waals surface area contributed by atoms with Crippen molar-refractivity contribution in [1.82, 2.24) is 19.6 Å². The van der Waals surface area contributed by atoms with Crippen molar-refractivity contribution in [3.63, 3.8) is 0 Å². The molecule has 0 radical (unpaired) electrons. The lowest BCUT2D eigenvalue weighted by Gasteiger charge is -2.49. The number of esters is 1. The van der Waals surface area contributed by atoms with Crippen LogP contribution in [0.2, 0.25) is 0 Å². The van der Waals surface area contributed by atoms with Crippen molar-refractivity contribution in [1.29, 1.82) is 0 Å². The van der Waals surface area contributed by atoms with Gasteiger partial charge in [-0.05, 0) is 6.92 Å². The first kappa shape index (κ1) is 26.5. The molecule has 2 amide bonds. The lowest BCUT2D eigenvalue weighted by Crippen LogP contribution is -2.71. The SMILES string of the molecule is CC(=O)CC(=O)OCC1=C(C(=O)O)N2C(=O)C(NC(=O)C(=NOCC(=O)O)c3nsc(N)n3)[C@H]2SC1. The van der Waals surface area contributed by atoms with Gasteiger partial charge in [-0.25, -0.2) is 9.59 Å². The predicted octanol–water partition coefficient (Wildman–Crippen LogP) is -1.81. The zero-order chi connectivity index (χ0) is 26.6. The number of rotatable bonds is 11. The molecule has 192 valence electrons. The van der Waals surface area contributed by atoms with Crippen LogP contribution in [0.3, 0.4) is 0 Å². The van der Waals surface area contributed by atoms with Crippen molar-refractivity contribution in [2.45, 2.75) is 24.8 Å². The van der Waals surface area contributed by atoms with Crippen LogP contribution in [0.1, 0.15) is 19.2 Å². The van der Waals surface area contributed by atoms with Crippen LogP contribution in [0.4, 0.5) is 5.13 Å². The number of carboxylic acids is 2. The zero-order valence-corrected chi connectivity index (χ0v) is 20.0. The Labute approximate surface area is 209 Å². The van der Waals surface area contributed by atoms with E-state index < -0.39 is 78.0 Å². The van der Waals surface area contributed by atoms with E-state index in [2.05, 4.69) is 24.7 Å². The number of aliphatic carboxylic acids is 2. The molecule has 2 aliphatic rings. The number of Topliss-reactive ketones (excluding diaryl/α,β-unsaturated/α-hetero) is 1. The van der Waals surface area contributed by atoms with Gasteiger partial charge in [-0.15, -0.1) is 11.8 Å². The summed E-state index contributed by atoms with van der Waals surface area (Å²) in [7, 11) is 0. The van der Waals surface area contributed by atoms with Gasteiger partial charge in [0.1, 0.15) is 35.9 Å². The van der Waals surface area contributed by atoms with Gasteiger partial charge in [0.25, 0.3) is 11.8 Å². The molecular formula is C18H18N6O10S2. The molecule has 18 heteroatoms. The molecule has 5 N–H and O–H groups in total. The molecule has 0 spiro atoms. The summed E-state index contributed by atoms with van der Waals surface area (Å²) < 4.78 is 8.77. The van der Waals surface area contributed by atoms with E-state index in [1.807, 2.05) is 0 Å². The predicted molar refractivity (Wildman–Crippen MR) is 120 cm³/mol. The van der Waals surface area contributed by atoms with Gasteiger partial charge in [-0.3, -0.25) is 24.1 Å². The number of amides is 2. The highest BCUT2D eigenvalue weighted by atomic mass is 32.2. The van der Waals surface area contributed by atoms with E-state index in [0.29, 0.717) is 0 Å². The molecule has 3 heterocycles. The van der Waals surface area contributed by atoms with Gasteiger partial charge >= 0.3 is 17.9 Å². The van der Waals surface area contributed by atoms with E-state index >= 15 is 0 Å². The van der Waals surface area contributed by atoms with Crippen LogP contribution in [-0.4, -0.2) is 96.1 Å². The summed E-state index contributed by atoms with van der Waals surface area (Å²) in [6.07, 6.45) is -0.470. The molecule has 3 rings (SSSR count). The first-order valence-electron chi connectivity index (χ1n) is 9.86. The molecule has 0 aromatic carbocycles. The van der Waals surface area contributed by atoms with Crippen LogP contribution in [0.5, 0.6) is 0 Å². The number of carboxylic acid groups (broad SMARTS) is 2. The molecule has 16 nitrogen and oxygen atoms in total. The number of hydrogen-bond donors (Lipinski definition) is 4. The molecule has 1 saturated heterocycles. The summed E-state index contributed by atoms with van der Waals surface area (Å²) >= 11 is 1.85. The molecular weight excluding hydrogens is 524 g/mol. The average molecular weight is 543 g/mol. The van der Waals surface area contributed by atoms with Gasteiger partial charge in [0.05, 0.1) is 0 Å². The second-order valence-electron chi connectivity index (χ2n) is 7.22. The number of nitrogen functional groups attached to an aromatic ring is 1. The largest absolute Gasteiger partial charge is 0.479 e. The number of anilines is 1. The number of thioether (sulfide) groups is 1. The Morgan fingerprint density at radius 2 is 2.00 bits per heavy atom. The molecule has 0 saturated carbocycles. The third kappa shape index (κ3) is 5.95. The Balaban J connectivity index is 1.74. The Kier molecular flexibility index (Phi) is 8.20. The van der Waals surface area contributed by atoms with E-state index in [4.69, 9.17) is 15.6 Å². The van der Waals surface area contributed by atoms with Crippen LogP contribution in [-0.2, 0) is 38.3 Å². The normalized spacial score (nSPS) is 19.2. The molecule has 2 aliphatic heterocycles. The smallest absolute Gasteiger partial charge is 0.352 e. The molecule has 1 aromatic rings. The highest BCUT2D eigenvalue weighted by Gasteiger charge is 2.54. The second-order valence-corrected chi connectivity index (χ2v) is 9.11. The summed E-state index contributed by atoms with van der Waals surface area (Å²) in [6.45, 7) is -0.0915. The van der Waals surface area contributed by atoms with Crippen LogP contribution < -0.4 is 11.1 Å². The lowest BCUT2D eigenvalue weighted by molar-refractivity contribution is -0.150. The molecule has 1 fully saturated rings. The van der Waals surface area contributed by atoms with Crippen molar-refractivity contribution in [3.05, 3.63) is 17.1 Å². The second kappa shape index (κ2) is 11.1. The van der Waals surface area contributed by atoms with Crippen molar-refractivity contribution in [2.75, 3.05) is 24.7 Å².